The minimum absolute atomic E-state index is 0.0455. The van der Waals surface area contributed by atoms with Crippen molar-refractivity contribution in [2.24, 2.45) is 12.8 Å². The predicted octanol–water partition coefficient (Wildman–Crippen LogP) is 1.69. The summed E-state index contributed by atoms with van der Waals surface area (Å²) in [6, 6.07) is 9.31. The molecule has 1 aromatic carbocycles. The monoisotopic (exact) mass is 478 g/mol. The first kappa shape index (κ1) is 22.1. The fraction of sp³-hybridized carbons (Fsp3) is 0.217. The number of hydrogen-bond donors (Lipinski definition) is 3. The zero-order valence-electron chi connectivity index (χ0n) is 18.7. The lowest BCUT2D eigenvalue weighted by atomic mass is 9.98. The van der Waals surface area contributed by atoms with Gasteiger partial charge in [-0.25, -0.2) is 10.1 Å². The molecule has 0 saturated carbocycles. The Bertz CT molecular complexity index is 1550. The molecule has 11 heteroatoms. The van der Waals surface area contributed by atoms with E-state index in [1.54, 1.807) is 30.1 Å². The highest BCUT2D eigenvalue weighted by Crippen LogP contribution is 2.39. The Kier molecular flexibility index (Phi) is 5.56. The highest BCUT2D eigenvalue weighted by atomic mass is 35.5. The second kappa shape index (κ2) is 8.56. The largest absolute Gasteiger partial charge is 0.325 e. The quantitative estimate of drug-likeness (QED) is 0.398. The van der Waals surface area contributed by atoms with Crippen molar-refractivity contribution in [2.75, 3.05) is 13.6 Å². The molecule has 4 aromatic rings. The molecule has 0 aliphatic carbocycles. The Morgan fingerprint density at radius 1 is 1.15 bits per heavy atom. The summed E-state index contributed by atoms with van der Waals surface area (Å²) in [5.41, 5.74) is 10.3. The van der Waals surface area contributed by atoms with Gasteiger partial charge in [-0.2, -0.15) is 10.2 Å². The zero-order valence-corrected chi connectivity index (χ0v) is 19.4. The summed E-state index contributed by atoms with van der Waals surface area (Å²) >= 11 is 6.43. The average molecular weight is 479 g/mol. The fourth-order valence-electron chi connectivity index (χ4n) is 4.40. The second-order valence-corrected chi connectivity index (χ2v) is 8.56. The van der Waals surface area contributed by atoms with E-state index in [-0.39, 0.29) is 17.7 Å². The number of rotatable bonds is 5. The Morgan fingerprint density at radius 3 is 2.71 bits per heavy atom. The summed E-state index contributed by atoms with van der Waals surface area (Å²) in [4.78, 5) is 24.9. The van der Waals surface area contributed by atoms with Crippen LogP contribution < -0.4 is 16.9 Å². The maximum Gasteiger partial charge on any atom is 0.272 e. The van der Waals surface area contributed by atoms with Crippen LogP contribution in [0.3, 0.4) is 0 Å². The summed E-state index contributed by atoms with van der Waals surface area (Å²) in [6.45, 7) is 1.13. The first-order valence-electron chi connectivity index (χ1n) is 10.7. The van der Waals surface area contributed by atoms with E-state index in [0.717, 1.165) is 22.4 Å². The third-order valence-electron chi connectivity index (χ3n) is 6.19. The average Bonchev–Trinajstić information content (AvgIpc) is 3.39. The first-order valence-corrected chi connectivity index (χ1v) is 11.0. The molecule has 4 N–H and O–H groups in total. The Balaban J connectivity index is 1.64. The Labute approximate surface area is 199 Å². The van der Waals surface area contributed by atoms with E-state index in [4.69, 9.17) is 17.3 Å². The van der Waals surface area contributed by atoms with E-state index in [1.807, 2.05) is 36.3 Å². The van der Waals surface area contributed by atoms with Gasteiger partial charge >= 0.3 is 0 Å². The number of halogens is 1. The number of nitrogens with zero attached hydrogens (tertiary/aromatic N) is 5. The van der Waals surface area contributed by atoms with E-state index < -0.39 is 0 Å². The molecule has 0 spiro atoms. The number of aromatic amines is 2. The van der Waals surface area contributed by atoms with Gasteiger partial charge in [-0.1, -0.05) is 23.7 Å². The number of hydrogen-bond acceptors (Lipinski definition) is 7. The van der Waals surface area contributed by atoms with Gasteiger partial charge in [0.25, 0.3) is 11.1 Å². The third kappa shape index (κ3) is 3.61. The molecular weight excluding hydrogens is 456 g/mol. The highest BCUT2D eigenvalue weighted by Gasteiger charge is 2.31. The van der Waals surface area contributed by atoms with Crippen molar-refractivity contribution in [3.05, 3.63) is 91.0 Å². The normalized spacial score (nSPS) is 14.5. The van der Waals surface area contributed by atoms with Crippen LogP contribution in [0.2, 0.25) is 5.15 Å². The molecule has 1 aliphatic rings. The van der Waals surface area contributed by atoms with Crippen LogP contribution in [0, 0.1) is 0 Å². The van der Waals surface area contributed by atoms with Crippen LogP contribution in [-0.2, 0) is 20.1 Å². The zero-order chi connectivity index (χ0) is 24.0. The van der Waals surface area contributed by atoms with E-state index in [9.17, 15) is 9.59 Å². The van der Waals surface area contributed by atoms with Gasteiger partial charge in [0.05, 0.1) is 28.5 Å². The van der Waals surface area contributed by atoms with Gasteiger partial charge in [0, 0.05) is 56.4 Å². The van der Waals surface area contributed by atoms with Crippen molar-refractivity contribution < 1.29 is 0 Å². The number of nitrogens with one attached hydrogen (secondary N) is 2. The van der Waals surface area contributed by atoms with E-state index >= 15 is 0 Å². The van der Waals surface area contributed by atoms with Crippen LogP contribution in [0.25, 0.3) is 22.0 Å². The number of aromatic nitrogens is 5. The van der Waals surface area contributed by atoms with Crippen molar-refractivity contribution in [1.82, 2.24) is 35.0 Å². The number of aryl methyl sites for hydroxylation is 1. The third-order valence-corrected chi connectivity index (χ3v) is 6.47. The number of hydrazine groups is 1. The summed E-state index contributed by atoms with van der Waals surface area (Å²) in [6.07, 6.45) is 3.41. The van der Waals surface area contributed by atoms with Crippen LogP contribution in [0.4, 0.5) is 0 Å². The molecule has 34 heavy (non-hydrogen) atoms. The molecule has 0 bridgehead atoms. The predicted molar refractivity (Wildman–Crippen MR) is 131 cm³/mol. The fourth-order valence-corrected chi connectivity index (χ4v) is 4.58. The lowest BCUT2D eigenvalue weighted by Gasteiger charge is -2.28. The summed E-state index contributed by atoms with van der Waals surface area (Å²) in [5.74, 6) is 0. The minimum Gasteiger partial charge on any atom is -0.325 e. The van der Waals surface area contributed by atoms with Crippen LogP contribution in [0.5, 0.6) is 0 Å². The van der Waals surface area contributed by atoms with Gasteiger partial charge in [-0.3, -0.25) is 14.7 Å². The highest BCUT2D eigenvalue weighted by molar-refractivity contribution is 6.31. The smallest absolute Gasteiger partial charge is 0.272 e. The summed E-state index contributed by atoms with van der Waals surface area (Å²) in [7, 11) is 3.66. The lowest BCUT2D eigenvalue weighted by molar-refractivity contribution is 0.0814. The van der Waals surface area contributed by atoms with E-state index in [1.165, 1.54) is 0 Å². The number of benzene rings is 1. The molecule has 3 aromatic heterocycles. The van der Waals surface area contributed by atoms with E-state index in [2.05, 4.69) is 25.4 Å². The topological polar surface area (TPSA) is 129 Å². The number of H-pyrrole nitrogens is 2. The van der Waals surface area contributed by atoms with Crippen molar-refractivity contribution in [1.29, 1.82) is 0 Å². The SMILES string of the molecule is CN1C(c2cn[nH]c2Cl)=C(c2ccc3c(=O)[nH]nc(CN)c3c2)CN1Cc1cccn(C)c1=O. The van der Waals surface area contributed by atoms with E-state index in [0.29, 0.717) is 40.3 Å². The van der Waals surface area contributed by atoms with Crippen molar-refractivity contribution >= 4 is 33.6 Å². The number of pyridine rings is 1. The molecule has 0 atom stereocenters. The molecule has 1 aliphatic heterocycles. The van der Waals surface area contributed by atoms with Crippen molar-refractivity contribution in [3.63, 3.8) is 0 Å². The van der Waals surface area contributed by atoms with Crippen molar-refractivity contribution in [2.45, 2.75) is 13.1 Å². The van der Waals surface area contributed by atoms with Crippen LogP contribution >= 0.6 is 11.6 Å². The minimum atomic E-state index is -0.268. The Morgan fingerprint density at radius 2 is 1.97 bits per heavy atom. The Hall–Kier alpha value is -3.73. The maximum atomic E-state index is 12.6. The molecule has 0 amide bonds. The molecule has 174 valence electrons. The molecule has 5 rings (SSSR count). The van der Waals surface area contributed by atoms with Gasteiger partial charge in [0.2, 0.25) is 0 Å². The summed E-state index contributed by atoms with van der Waals surface area (Å²) in [5, 5.41) is 19.2. The standard InChI is InChI=1S/C23H23ClN8O2/c1-30-7-3-4-14(23(30)34)11-32-12-18(20(31(32)2)17-10-26-28-21(17)24)13-5-6-15-16(8-13)19(9-25)27-29-22(15)33/h3-8,10H,9,11-12,25H2,1-2H3,(H,26,28)(H,29,33). The van der Waals surface area contributed by atoms with Gasteiger partial charge in [0.1, 0.15) is 5.15 Å². The van der Waals surface area contributed by atoms with Crippen LogP contribution in [-0.4, -0.2) is 48.6 Å². The molecule has 0 unspecified atom stereocenters. The van der Waals surface area contributed by atoms with Crippen LogP contribution in [0.1, 0.15) is 22.4 Å². The van der Waals surface area contributed by atoms with Gasteiger partial charge in [-0.05, 0) is 23.8 Å². The lowest BCUT2D eigenvalue weighted by Crippen LogP contribution is -2.36. The van der Waals surface area contributed by atoms with Crippen LogP contribution in [0.15, 0.2) is 52.3 Å². The molecule has 0 radical (unpaired) electrons. The first-order chi connectivity index (χ1) is 16.4. The maximum absolute atomic E-state index is 12.6. The van der Waals surface area contributed by atoms with Crippen molar-refractivity contribution in [3.8, 4) is 0 Å². The number of fused-ring (bicyclic) bond motifs is 1. The van der Waals surface area contributed by atoms with Gasteiger partial charge < -0.3 is 15.3 Å². The molecular formula is C23H23ClN8O2. The summed E-state index contributed by atoms with van der Waals surface area (Å²) < 4.78 is 1.57. The van der Waals surface area contributed by atoms with Gasteiger partial charge in [0.15, 0.2) is 0 Å². The molecule has 0 saturated heterocycles. The molecule has 10 nitrogen and oxygen atoms in total. The number of nitrogens with two attached hydrogens (primary N) is 1. The molecule has 0 fully saturated rings. The molecule has 4 heterocycles. The second-order valence-electron chi connectivity index (χ2n) is 8.18. The van der Waals surface area contributed by atoms with Gasteiger partial charge in [-0.15, -0.1) is 0 Å².